The molecule has 0 heterocycles. The van der Waals surface area contributed by atoms with E-state index in [2.05, 4.69) is 13.2 Å². The van der Waals surface area contributed by atoms with Gasteiger partial charge in [-0.3, -0.25) is 4.90 Å². The molecule has 0 aliphatic heterocycles. The number of nitrogens with zero attached hydrogens (tertiary/aromatic N) is 1. The fourth-order valence-electron chi connectivity index (χ4n) is 0.531. The van der Waals surface area contributed by atoms with Crippen molar-refractivity contribution >= 4 is 5.97 Å². The van der Waals surface area contributed by atoms with E-state index < -0.39 is 5.97 Å². The standard InChI is InChI=1S/C8H13NO2/c1-5-7(9(3)4)11-8(10)6-2/h5-7H,1-2H2,3-4H3. The van der Waals surface area contributed by atoms with Crippen LogP contribution in [-0.4, -0.2) is 31.2 Å². The molecule has 3 heteroatoms. The van der Waals surface area contributed by atoms with Crippen molar-refractivity contribution in [2.75, 3.05) is 14.1 Å². The number of carbonyl (C=O) groups excluding carboxylic acids is 1. The van der Waals surface area contributed by atoms with E-state index in [0.717, 1.165) is 6.08 Å². The Morgan fingerprint density at radius 2 is 2.09 bits per heavy atom. The van der Waals surface area contributed by atoms with Gasteiger partial charge in [-0.05, 0) is 20.2 Å². The minimum atomic E-state index is -0.441. The van der Waals surface area contributed by atoms with Crippen molar-refractivity contribution in [1.82, 2.24) is 4.90 Å². The summed E-state index contributed by atoms with van der Waals surface area (Å²) in [5, 5.41) is 0. The van der Waals surface area contributed by atoms with Crippen LogP contribution in [0.3, 0.4) is 0 Å². The van der Waals surface area contributed by atoms with Gasteiger partial charge >= 0.3 is 5.97 Å². The first-order valence-electron chi connectivity index (χ1n) is 3.24. The Kier molecular flexibility index (Phi) is 4.22. The molecule has 0 saturated carbocycles. The van der Waals surface area contributed by atoms with Gasteiger partial charge in [0.1, 0.15) is 0 Å². The van der Waals surface area contributed by atoms with Crippen LogP contribution in [0.15, 0.2) is 25.3 Å². The van der Waals surface area contributed by atoms with Crippen LogP contribution in [0.5, 0.6) is 0 Å². The molecule has 0 aliphatic carbocycles. The van der Waals surface area contributed by atoms with Crippen LogP contribution < -0.4 is 0 Å². The predicted octanol–water partition coefficient (Wildman–Crippen LogP) is 0.789. The summed E-state index contributed by atoms with van der Waals surface area (Å²) in [7, 11) is 3.59. The van der Waals surface area contributed by atoms with Crippen molar-refractivity contribution < 1.29 is 9.53 Å². The summed E-state index contributed by atoms with van der Waals surface area (Å²) in [6, 6.07) is 0. The molecule has 3 nitrogen and oxygen atoms in total. The van der Waals surface area contributed by atoms with Gasteiger partial charge < -0.3 is 4.74 Å². The van der Waals surface area contributed by atoms with Crippen LogP contribution in [0, 0.1) is 0 Å². The molecule has 0 spiro atoms. The smallest absolute Gasteiger partial charge is 0.331 e. The summed E-state index contributed by atoms with van der Waals surface area (Å²) < 4.78 is 4.86. The first kappa shape index (κ1) is 9.91. The van der Waals surface area contributed by atoms with E-state index >= 15 is 0 Å². The molecule has 0 rings (SSSR count). The molecule has 0 aromatic rings. The monoisotopic (exact) mass is 155 g/mol. The molecule has 11 heavy (non-hydrogen) atoms. The number of ether oxygens (including phenoxy) is 1. The molecule has 0 aromatic heterocycles. The average Bonchev–Trinajstić information content (AvgIpc) is 1.99. The lowest BCUT2D eigenvalue weighted by molar-refractivity contribution is -0.146. The number of likely N-dealkylation sites (N-methyl/N-ethyl adjacent to an activating group) is 1. The molecular weight excluding hydrogens is 142 g/mol. The lowest BCUT2D eigenvalue weighted by atomic mass is 10.5. The van der Waals surface area contributed by atoms with Crippen LogP contribution in [0.25, 0.3) is 0 Å². The van der Waals surface area contributed by atoms with E-state index in [1.165, 1.54) is 0 Å². The second-order valence-corrected chi connectivity index (χ2v) is 2.23. The summed E-state index contributed by atoms with van der Waals surface area (Å²) in [6.45, 7) is 6.80. The van der Waals surface area contributed by atoms with Crippen molar-refractivity contribution in [3.8, 4) is 0 Å². The van der Waals surface area contributed by atoms with E-state index in [9.17, 15) is 4.79 Å². The third-order valence-electron chi connectivity index (χ3n) is 1.11. The summed E-state index contributed by atoms with van der Waals surface area (Å²) in [5.74, 6) is -0.441. The fourth-order valence-corrected chi connectivity index (χ4v) is 0.531. The van der Waals surface area contributed by atoms with Crippen molar-refractivity contribution in [2.45, 2.75) is 6.23 Å². The Hall–Kier alpha value is -1.09. The second-order valence-electron chi connectivity index (χ2n) is 2.23. The summed E-state index contributed by atoms with van der Waals surface area (Å²) >= 11 is 0. The van der Waals surface area contributed by atoms with Gasteiger partial charge in [0.05, 0.1) is 0 Å². The Labute approximate surface area is 66.9 Å². The highest BCUT2D eigenvalue weighted by atomic mass is 16.6. The zero-order valence-electron chi connectivity index (χ0n) is 6.91. The molecule has 0 bridgehead atoms. The lowest BCUT2D eigenvalue weighted by Gasteiger charge is -2.19. The van der Waals surface area contributed by atoms with Crippen LogP contribution >= 0.6 is 0 Å². The zero-order valence-corrected chi connectivity index (χ0v) is 6.91. The van der Waals surface area contributed by atoms with Gasteiger partial charge in [0, 0.05) is 6.08 Å². The molecule has 0 saturated heterocycles. The topological polar surface area (TPSA) is 29.5 Å². The van der Waals surface area contributed by atoms with E-state index in [1.54, 1.807) is 25.1 Å². The number of esters is 1. The van der Waals surface area contributed by atoms with E-state index in [-0.39, 0.29) is 6.23 Å². The molecule has 0 fully saturated rings. The largest absolute Gasteiger partial charge is 0.440 e. The highest BCUT2D eigenvalue weighted by molar-refractivity contribution is 5.81. The predicted molar refractivity (Wildman–Crippen MR) is 44.0 cm³/mol. The minimum absolute atomic E-state index is 0.375. The van der Waals surface area contributed by atoms with Crippen molar-refractivity contribution in [2.24, 2.45) is 0 Å². The quantitative estimate of drug-likeness (QED) is 0.260. The Morgan fingerprint density at radius 1 is 1.55 bits per heavy atom. The van der Waals surface area contributed by atoms with Gasteiger partial charge in [0.2, 0.25) is 0 Å². The third-order valence-corrected chi connectivity index (χ3v) is 1.11. The zero-order chi connectivity index (χ0) is 8.85. The van der Waals surface area contributed by atoms with Crippen molar-refractivity contribution in [1.29, 1.82) is 0 Å². The van der Waals surface area contributed by atoms with Gasteiger partial charge in [-0.1, -0.05) is 13.2 Å². The summed E-state index contributed by atoms with van der Waals surface area (Å²) in [4.78, 5) is 12.4. The molecule has 0 N–H and O–H groups in total. The van der Waals surface area contributed by atoms with Crippen LogP contribution in [-0.2, 0) is 9.53 Å². The number of carbonyl (C=O) groups is 1. The summed E-state index contributed by atoms with van der Waals surface area (Å²) in [6.07, 6.45) is 2.29. The maximum absolute atomic E-state index is 10.7. The van der Waals surface area contributed by atoms with Gasteiger partial charge in [-0.2, -0.15) is 0 Å². The van der Waals surface area contributed by atoms with Crippen LogP contribution in [0.1, 0.15) is 0 Å². The molecule has 1 unspecified atom stereocenters. The van der Waals surface area contributed by atoms with Crippen LogP contribution in [0.2, 0.25) is 0 Å². The number of rotatable bonds is 4. The van der Waals surface area contributed by atoms with Crippen molar-refractivity contribution in [3.05, 3.63) is 25.3 Å². The average molecular weight is 155 g/mol. The SMILES string of the molecule is C=CC(=O)OC(C=C)N(C)C. The van der Waals surface area contributed by atoms with E-state index in [1.807, 2.05) is 0 Å². The molecule has 0 amide bonds. The maximum Gasteiger partial charge on any atom is 0.331 e. The molecule has 0 aliphatic rings. The summed E-state index contributed by atoms with van der Waals surface area (Å²) in [5.41, 5.74) is 0. The first-order chi connectivity index (χ1) is 5.11. The molecule has 0 aromatic carbocycles. The maximum atomic E-state index is 10.7. The third kappa shape index (κ3) is 3.57. The highest BCUT2D eigenvalue weighted by Crippen LogP contribution is 1.97. The molecule has 0 radical (unpaired) electrons. The van der Waals surface area contributed by atoms with Gasteiger partial charge in [0.15, 0.2) is 6.23 Å². The Morgan fingerprint density at radius 3 is 2.36 bits per heavy atom. The van der Waals surface area contributed by atoms with E-state index in [0.29, 0.717) is 0 Å². The van der Waals surface area contributed by atoms with Gasteiger partial charge in [0.25, 0.3) is 0 Å². The number of hydrogen-bond donors (Lipinski definition) is 0. The molecule has 62 valence electrons. The Bertz CT molecular complexity index is 163. The second kappa shape index (κ2) is 4.68. The van der Waals surface area contributed by atoms with Gasteiger partial charge in [-0.15, -0.1) is 0 Å². The molecule has 1 atom stereocenters. The Balaban J connectivity index is 3.97. The van der Waals surface area contributed by atoms with Crippen molar-refractivity contribution in [3.63, 3.8) is 0 Å². The highest BCUT2D eigenvalue weighted by Gasteiger charge is 2.09. The normalized spacial score (nSPS) is 12.3. The molecular formula is C8H13NO2. The minimum Gasteiger partial charge on any atom is -0.440 e. The fraction of sp³-hybridized carbons (Fsp3) is 0.375. The first-order valence-corrected chi connectivity index (χ1v) is 3.24. The van der Waals surface area contributed by atoms with E-state index in [4.69, 9.17) is 4.74 Å². The van der Waals surface area contributed by atoms with Crippen LogP contribution in [0.4, 0.5) is 0 Å². The lowest BCUT2D eigenvalue weighted by Crippen LogP contribution is -2.30. The van der Waals surface area contributed by atoms with Gasteiger partial charge in [-0.25, -0.2) is 4.79 Å². The number of hydrogen-bond acceptors (Lipinski definition) is 3.